The third-order valence-electron chi connectivity index (χ3n) is 3.11. The number of rotatable bonds is 5. The molecule has 0 saturated carbocycles. The van der Waals surface area contributed by atoms with Crippen LogP contribution < -0.4 is 10.6 Å². The van der Waals surface area contributed by atoms with Crippen LogP contribution in [0.15, 0.2) is 65.4 Å². The van der Waals surface area contributed by atoms with Crippen LogP contribution in [-0.2, 0) is 6.54 Å². The van der Waals surface area contributed by atoms with Crippen LogP contribution in [0.2, 0.25) is 0 Å². The quantitative estimate of drug-likeness (QED) is 0.757. The van der Waals surface area contributed by atoms with E-state index in [1.54, 1.807) is 42.7 Å². The molecule has 0 unspecified atom stereocenters. The lowest BCUT2D eigenvalue weighted by Crippen LogP contribution is -2.23. The standard InChI is InChI=1S/C17H14FN3O2/c18-12-3-1-4-13(9-12)21-14-6-7-16(19-10-14)17(22)20-11-15-5-2-8-23-15/h1-10,21H,11H2,(H,20,22). The fraction of sp³-hybridized carbons (Fsp3) is 0.0588. The number of nitrogens with zero attached hydrogens (tertiary/aromatic N) is 1. The second-order valence-corrected chi connectivity index (χ2v) is 4.83. The molecule has 0 fully saturated rings. The number of furan rings is 1. The number of amides is 1. The number of carbonyl (C=O) groups is 1. The Kier molecular flexibility index (Phi) is 4.33. The topological polar surface area (TPSA) is 67.2 Å². The number of benzene rings is 1. The first-order valence-electron chi connectivity index (χ1n) is 7.00. The zero-order valence-corrected chi connectivity index (χ0v) is 12.1. The van der Waals surface area contributed by atoms with E-state index in [4.69, 9.17) is 4.42 Å². The van der Waals surface area contributed by atoms with Crippen LogP contribution in [0.1, 0.15) is 16.2 Å². The molecule has 116 valence electrons. The third-order valence-corrected chi connectivity index (χ3v) is 3.11. The number of carbonyl (C=O) groups excluding carboxylic acids is 1. The SMILES string of the molecule is O=C(NCc1ccco1)c1ccc(Nc2cccc(F)c2)cn1. The van der Waals surface area contributed by atoms with Gasteiger partial charge in [-0.3, -0.25) is 4.79 Å². The molecule has 0 radical (unpaired) electrons. The maximum atomic E-state index is 13.1. The predicted molar refractivity (Wildman–Crippen MR) is 83.8 cm³/mol. The van der Waals surface area contributed by atoms with Crippen LogP contribution in [0.4, 0.5) is 15.8 Å². The lowest BCUT2D eigenvalue weighted by molar-refractivity contribution is 0.0943. The van der Waals surface area contributed by atoms with Crippen LogP contribution in [0.3, 0.4) is 0 Å². The average molecular weight is 311 g/mol. The molecule has 0 aliphatic rings. The van der Waals surface area contributed by atoms with Crippen LogP contribution in [0.5, 0.6) is 0 Å². The highest BCUT2D eigenvalue weighted by Gasteiger charge is 2.07. The van der Waals surface area contributed by atoms with Gasteiger partial charge in [0.2, 0.25) is 0 Å². The molecule has 3 rings (SSSR count). The van der Waals surface area contributed by atoms with Gasteiger partial charge in [0.1, 0.15) is 17.3 Å². The Hall–Kier alpha value is -3.15. The first-order valence-corrected chi connectivity index (χ1v) is 7.00. The predicted octanol–water partition coefficient (Wildman–Crippen LogP) is 3.49. The highest BCUT2D eigenvalue weighted by Crippen LogP contribution is 2.16. The Bertz CT molecular complexity index is 786. The summed E-state index contributed by atoms with van der Waals surface area (Å²) in [6.45, 7) is 0.302. The van der Waals surface area contributed by atoms with Gasteiger partial charge in [0.05, 0.1) is 24.7 Å². The van der Waals surface area contributed by atoms with E-state index in [1.165, 1.54) is 18.3 Å². The minimum Gasteiger partial charge on any atom is -0.467 e. The van der Waals surface area contributed by atoms with Crippen molar-refractivity contribution in [2.45, 2.75) is 6.54 Å². The summed E-state index contributed by atoms with van der Waals surface area (Å²) < 4.78 is 18.3. The third kappa shape index (κ3) is 3.94. The summed E-state index contributed by atoms with van der Waals surface area (Å²) in [5, 5.41) is 5.73. The minimum absolute atomic E-state index is 0.293. The van der Waals surface area contributed by atoms with Gasteiger partial charge < -0.3 is 15.1 Å². The minimum atomic E-state index is -0.322. The maximum absolute atomic E-state index is 13.1. The normalized spacial score (nSPS) is 10.3. The van der Waals surface area contributed by atoms with Crippen molar-refractivity contribution in [3.8, 4) is 0 Å². The number of anilines is 2. The number of aromatic nitrogens is 1. The van der Waals surface area contributed by atoms with Crippen molar-refractivity contribution in [2.75, 3.05) is 5.32 Å². The molecular formula is C17H14FN3O2. The van der Waals surface area contributed by atoms with Crippen molar-refractivity contribution < 1.29 is 13.6 Å². The number of nitrogens with one attached hydrogen (secondary N) is 2. The van der Waals surface area contributed by atoms with E-state index in [1.807, 2.05) is 0 Å². The van der Waals surface area contributed by atoms with Gasteiger partial charge in [0.15, 0.2) is 0 Å². The van der Waals surface area contributed by atoms with E-state index in [9.17, 15) is 9.18 Å². The van der Waals surface area contributed by atoms with Gasteiger partial charge in [-0.2, -0.15) is 0 Å². The maximum Gasteiger partial charge on any atom is 0.270 e. The molecule has 3 aromatic rings. The summed E-state index contributed by atoms with van der Waals surface area (Å²) in [5.74, 6) is 0.0540. The van der Waals surface area contributed by atoms with Gasteiger partial charge in [0.25, 0.3) is 5.91 Å². The smallest absolute Gasteiger partial charge is 0.270 e. The fourth-order valence-electron chi connectivity index (χ4n) is 2.01. The molecule has 0 bridgehead atoms. The van der Waals surface area contributed by atoms with Gasteiger partial charge in [-0.15, -0.1) is 0 Å². The zero-order chi connectivity index (χ0) is 16.1. The number of hydrogen-bond donors (Lipinski definition) is 2. The van der Waals surface area contributed by atoms with Crippen molar-refractivity contribution in [1.29, 1.82) is 0 Å². The first-order chi connectivity index (χ1) is 11.2. The summed E-state index contributed by atoms with van der Waals surface area (Å²) >= 11 is 0. The van der Waals surface area contributed by atoms with Crippen LogP contribution in [-0.4, -0.2) is 10.9 Å². The monoisotopic (exact) mass is 311 g/mol. The fourth-order valence-corrected chi connectivity index (χ4v) is 2.01. The molecule has 0 saturated heterocycles. The van der Waals surface area contributed by atoms with E-state index >= 15 is 0 Å². The molecule has 0 spiro atoms. The van der Waals surface area contributed by atoms with Crippen molar-refractivity contribution >= 4 is 17.3 Å². The number of hydrogen-bond acceptors (Lipinski definition) is 4. The molecule has 1 aromatic carbocycles. The van der Waals surface area contributed by atoms with E-state index in [2.05, 4.69) is 15.6 Å². The summed E-state index contributed by atoms with van der Waals surface area (Å²) in [4.78, 5) is 16.1. The second kappa shape index (κ2) is 6.74. The summed E-state index contributed by atoms with van der Waals surface area (Å²) in [5.41, 5.74) is 1.57. The number of halogens is 1. The second-order valence-electron chi connectivity index (χ2n) is 4.83. The molecule has 0 aliphatic heterocycles. The largest absolute Gasteiger partial charge is 0.467 e. The van der Waals surface area contributed by atoms with Gasteiger partial charge in [0, 0.05) is 5.69 Å². The Labute approximate surface area is 132 Å². The summed E-state index contributed by atoms with van der Waals surface area (Å²) in [6.07, 6.45) is 3.07. The number of pyridine rings is 1. The first kappa shape index (κ1) is 14.8. The van der Waals surface area contributed by atoms with Gasteiger partial charge in [-0.1, -0.05) is 6.07 Å². The lowest BCUT2D eigenvalue weighted by atomic mass is 10.2. The van der Waals surface area contributed by atoms with Gasteiger partial charge in [-0.05, 0) is 42.5 Å². The molecule has 2 aromatic heterocycles. The van der Waals surface area contributed by atoms with E-state index in [-0.39, 0.29) is 11.7 Å². The molecule has 1 amide bonds. The highest BCUT2D eigenvalue weighted by atomic mass is 19.1. The van der Waals surface area contributed by atoms with E-state index < -0.39 is 0 Å². The Morgan fingerprint density at radius 3 is 2.74 bits per heavy atom. The van der Waals surface area contributed by atoms with Crippen molar-refractivity contribution in [3.63, 3.8) is 0 Å². The van der Waals surface area contributed by atoms with Crippen LogP contribution in [0, 0.1) is 5.82 Å². The van der Waals surface area contributed by atoms with Gasteiger partial charge >= 0.3 is 0 Å². The van der Waals surface area contributed by atoms with Crippen LogP contribution in [0.25, 0.3) is 0 Å². The average Bonchev–Trinajstić information content (AvgIpc) is 3.07. The molecule has 0 aliphatic carbocycles. The molecule has 2 N–H and O–H groups in total. The molecule has 6 heteroatoms. The van der Waals surface area contributed by atoms with Crippen molar-refractivity contribution in [1.82, 2.24) is 10.3 Å². The summed E-state index contributed by atoms with van der Waals surface area (Å²) in [6, 6.07) is 12.9. The summed E-state index contributed by atoms with van der Waals surface area (Å²) in [7, 11) is 0. The van der Waals surface area contributed by atoms with E-state index in [0.29, 0.717) is 29.4 Å². The molecule has 23 heavy (non-hydrogen) atoms. The Morgan fingerprint density at radius 2 is 2.04 bits per heavy atom. The van der Waals surface area contributed by atoms with E-state index in [0.717, 1.165) is 0 Å². The van der Waals surface area contributed by atoms with Crippen molar-refractivity contribution in [3.05, 3.63) is 78.3 Å². The molecule has 5 nitrogen and oxygen atoms in total. The highest BCUT2D eigenvalue weighted by molar-refractivity contribution is 5.92. The van der Waals surface area contributed by atoms with Crippen LogP contribution >= 0.6 is 0 Å². The molecular weight excluding hydrogens is 297 g/mol. The molecule has 0 atom stereocenters. The van der Waals surface area contributed by atoms with Gasteiger partial charge in [-0.25, -0.2) is 9.37 Å². The Morgan fingerprint density at radius 1 is 1.13 bits per heavy atom. The zero-order valence-electron chi connectivity index (χ0n) is 12.1. The lowest BCUT2D eigenvalue weighted by Gasteiger charge is -2.07. The van der Waals surface area contributed by atoms with Crippen molar-refractivity contribution in [2.24, 2.45) is 0 Å². The molecule has 2 heterocycles. The Balaban J connectivity index is 1.61.